The van der Waals surface area contributed by atoms with E-state index >= 15 is 0 Å². The summed E-state index contributed by atoms with van der Waals surface area (Å²) in [6.07, 6.45) is 1.08. The van der Waals surface area contributed by atoms with Gasteiger partial charge in [-0.25, -0.2) is 4.39 Å². The largest absolute Gasteiger partial charge is 0.494 e. The zero-order valence-electron chi connectivity index (χ0n) is 17.0. The van der Waals surface area contributed by atoms with E-state index < -0.39 is 17.7 Å². The smallest absolute Gasteiger partial charge is 0.311 e. The van der Waals surface area contributed by atoms with E-state index in [0.29, 0.717) is 18.0 Å². The molecule has 1 fully saturated rings. The molecule has 3 rings (SSSR count). The summed E-state index contributed by atoms with van der Waals surface area (Å²) in [6.45, 7) is 4.48. The predicted molar refractivity (Wildman–Crippen MR) is 108 cm³/mol. The van der Waals surface area contributed by atoms with Gasteiger partial charge in [-0.2, -0.15) is 0 Å². The lowest BCUT2D eigenvalue weighted by Crippen LogP contribution is -2.27. The van der Waals surface area contributed by atoms with E-state index in [-0.39, 0.29) is 24.7 Å². The fourth-order valence-electron chi connectivity index (χ4n) is 3.54. The number of methoxy groups -OCH3 is 1. The van der Waals surface area contributed by atoms with Crippen LogP contribution in [-0.2, 0) is 20.9 Å². The molecule has 2 atom stereocenters. The number of rotatable bonds is 7. The van der Waals surface area contributed by atoms with Crippen molar-refractivity contribution in [1.82, 2.24) is 0 Å². The standard InChI is InChI=1S/C23H26FNO4/c1-4-15(2)18-7-5-6-8-20(18)25-13-17(12-22(25)26)23(27)29-14-16-9-10-21(28-3)19(24)11-16/h5-11,15,17H,4,12-14H2,1-3H3/t15-,17-/m0/s1. The molecule has 0 aliphatic carbocycles. The number of para-hydroxylation sites is 1. The molecule has 1 amide bonds. The maximum Gasteiger partial charge on any atom is 0.311 e. The van der Waals surface area contributed by atoms with E-state index in [1.165, 1.54) is 19.2 Å². The summed E-state index contributed by atoms with van der Waals surface area (Å²) in [6, 6.07) is 12.2. The monoisotopic (exact) mass is 399 g/mol. The Morgan fingerprint density at radius 1 is 1.28 bits per heavy atom. The minimum absolute atomic E-state index is 0.0477. The summed E-state index contributed by atoms with van der Waals surface area (Å²) in [4.78, 5) is 26.8. The topological polar surface area (TPSA) is 55.8 Å². The zero-order chi connectivity index (χ0) is 21.0. The second-order valence-corrected chi connectivity index (χ2v) is 7.35. The van der Waals surface area contributed by atoms with Crippen LogP contribution in [0.15, 0.2) is 42.5 Å². The van der Waals surface area contributed by atoms with Gasteiger partial charge in [0.15, 0.2) is 11.6 Å². The highest BCUT2D eigenvalue weighted by atomic mass is 19.1. The van der Waals surface area contributed by atoms with Gasteiger partial charge in [0.05, 0.1) is 13.0 Å². The molecule has 0 unspecified atom stereocenters. The van der Waals surface area contributed by atoms with Crippen LogP contribution in [-0.4, -0.2) is 25.5 Å². The predicted octanol–water partition coefficient (Wildman–Crippen LogP) is 4.44. The fraction of sp³-hybridized carbons (Fsp3) is 0.391. The van der Waals surface area contributed by atoms with Crippen molar-refractivity contribution >= 4 is 17.6 Å². The van der Waals surface area contributed by atoms with Crippen LogP contribution in [0.25, 0.3) is 0 Å². The van der Waals surface area contributed by atoms with E-state index in [0.717, 1.165) is 17.7 Å². The van der Waals surface area contributed by atoms with Crippen LogP contribution in [0.3, 0.4) is 0 Å². The van der Waals surface area contributed by atoms with Crippen LogP contribution in [0, 0.1) is 11.7 Å². The summed E-state index contributed by atoms with van der Waals surface area (Å²) in [5.41, 5.74) is 2.49. The van der Waals surface area contributed by atoms with E-state index in [1.54, 1.807) is 11.0 Å². The number of hydrogen-bond acceptors (Lipinski definition) is 4. The van der Waals surface area contributed by atoms with Crippen molar-refractivity contribution in [1.29, 1.82) is 0 Å². The van der Waals surface area contributed by atoms with Gasteiger partial charge >= 0.3 is 5.97 Å². The molecule has 154 valence electrons. The second-order valence-electron chi connectivity index (χ2n) is 7.35. The average molecular weight is 399 g/mol. The van der Waals surface area contributed by atoms with E-state index in [9.17, 15) is 14.0 Å². The van der Waals surface area contributed by atoms with Gasteiger partial charge in [-0.1, -0.05) is 38.1 Å². The van der Waals surface area contributed by atoms with Gasteiger partial charge in [0, 0.05) is 18.7 Å². The highest BCUT2D eigenvalue weighted by molar-refractivity contribution is 6.00. The summed E-state index contributed by atoms with van der Waals surface area (Å²) >= 11 is 0. The Morgan fingerprint density at radius 2 is 2.03 bits per heavy atom. The van der Waals surface area contributed by atoms with Crippen LogP contribution in [0.4, 0.5) is 10.1 Å². The number of ether oxygens (including phenoxy) is 2. The lowest BCUT2D eigenvalue weighted by atomic mass is 9.96. The minimum Gasteiger partial charge on any atom is -0.494 e. The molecule has 2 aromatic carbocycles. The second kappa shape index (κ2) is 9.07. The van der Waals surface area contributed by atoms with Gasteiger partial charge < -0.3 is 14.4 Å². The highest BCUT2D eigenvalue weighted by Crippen LogP contribution is 2.33. The van der Waals surface area contributed by atoms with Crippen LogP contribution in [0.5, 0.6) is 5.75 Å². The van der Waals surface area contributed by atoms with Crippen LogP contribution in [0.1, 0.15) is 43.7 Å². The first kappa shape index (κ1) is 20.8. The Morgan fingerprint density at radius 3 is 2.72 bits per heavy atom. The molecular weight excluding hydrogens is 373 g/mol. The van der Waals surface area contributed by atoms with Crippen molar-refractivity contribution < 1.29 is 23.5 Å². The molecule has 1 saturated heterocycles. The number of halogens is 1. The van der Waals surface area contributed by atoms with E-state index in [1.807, 2.05) is 24.3 Å². The number of anilines is 1. The molecule has 0 bridgehead atoms. The highest BCUT2D eigenvalue weighted by Gasteiger charge is 2.37. The molecule has 0 aromatic heterocycles. The summed E-state index contributed by atoms with van der Waals surface area (Å²) < 4.78 is 24.0. The summed E-state index contributed by atoms with van der Waals surface area (Å²) in [5, 5.41) is 0. The van der Waals surface area contributed by atoms with E-state index in [2.05, 4.69) is 13.8 Å². The Hall–Kier alpha value is -2.89. The zero-order valence-corrected chi connectivity index (χ0v) is 17.0. The van der Waals surface area contributed by atoms with Crippen molar-refractivity contribution in [3.8, 4) is 5.75 Å². The molecule has 6 heteroatoms. The number of esters is 1. The van der Waals surface area contributed by atoms with Gasteiger partial charge in [-0.15, -0.1) is 0 Å². The molecule has 0 radical (unpaired) electrons. The van der Waals surface area contributed by atoms with Crippen molar-refractivity contribution in [2.24, 2.45) is 5.92 Å². The molecule has 5 nitrogen and oxygen atoms in total. The first-order valence-electron chi connectivity index (χ1n) is 9.82. The molecule has 29 heavy (non-hydrogen) atoms. The van der Waals surface area contributed by atoms with Crippen molar-refractivity contribution in [3.63, 3.8) is 0 Å². The van der Waals surface area contributed by atoms with Gasteiger partial charge in [0.25, 0.3) is 0 Å². The molecule has 2 aromatic rings. The number of carbonyl (C=O) groups excluding carboxylic acids is 2. The number of hydrogen-bond donors (Lipinski definition) is 0. The van der Waals surface area contributed by atoms with Gasteiger partial charge in [0.2, 0.25) is 5.91 Å². The third-order valence-corrected chi connectivity index (χ3v) is 5.43. The van der Waals surface area contributed by atoms with Gasteiger partial charge in [-0.3, -0.25) is 9.59 Å². The number of carbonyl (C=O) groups is 2. The maximum absolute atomic E-state index is 13.8. The number of benzene rings is 2. The van der Waals surface area contributed by atoms with Gasteiger partial charge in [0.1, 0.15) is 6.61 Å². The summed E-state index contributed by atoms with van der Waals surface area (Å²) in [7, 11) is 1.39. The average Bonchev–Trinajstić information content (AvgIpc) is 3.13. The number of amides is 1. The lowest BCUT2D eigenvalue weighted by molar-refractivity contribution is -0.149. The Kier molecular flexibility index (Phi) is 6.52. The summed E-state index contributed by atoms with van der Waals surface area (Å²) in [5.74, 6) is -1.12. The third kappa shape index (κ3) is 4.58. The Bertz CT molecular complexity index is 898. The fourth-order valence-corrected chi connectivity index (χ4v) is 3.54. The minimum atomic E-state index is -0.532. The van der Waals surface area contributed by atoms with E-state index in [4.69, 9.17) is 9.47 Å². The number of nitrogens with zero attached hydrogens (tertiary/aromatic N) is 1. The molecule has 0 saturated carbocycles. The van der Waals surface area contributed by atoms with Crippen LogP contribution in [0.2, 0.25) is 0 Å². The van der Waals surface area contributed by atoms with Crippen molar-refractivity contribution in [2.45, 2.75) is 39.2 Å². The maximum atomic E-state index is 13.8. The van der Waals surface area contributed by atoms with Crippen LogP contribution < -0.4 is 9.64 Å². The van der Waals surface area contributed by atoms with Crippen LogP contribution >= 0.6 is 0 Å². The normalized spacial score (nSPS) is 17.3. The molecule has 0 spiro atoms. The first-order valence-corrected chi connectivity index (χ1v) is 9.82. The van der Waals surface area contributed by atoms with Gasteiger partial charge in [-0.05, 0) is 41.7 Å². The first-order chi connectivity index (χ1) is 13.9. The molecular formula is C23H26FNO4. The van der Waals surface area contributed by atoms with Crippen molar-refractivity contribution in [2.75, 3.05) is 18.6 Å². The molecule has 1 aliphatic rings. The Labute approximate surface area is 170 Å². The Balaban J connectivity index is 1.66. The third-order valence-electron chi connectivity index (χ3n) is 5.43. The molecule has 1 heterocycles. The quantitative estimate of drug-likeness (QED) is 0.646. The molecule has 1 aliphatic heterocycles. The van der Waals surface area contributed by atoms with Crippen molar-refractivity contribution in [3.05, 3.63) is 59.4 Å². The molecule has 0 N–H and O–H groups in total. The SMILES string of the molecule is CC[C@H](C)c1ccccc1N1C[C@@H](C(=O)OCc2ccc(OC)c(F)c2)CC1=O. The lowest BCUT2D eigenvalue weighted by Gasteiger charge is -2.23.